The smallest absolute Gasteiger partial charge is 0.335 e. The average Bonchev–Trinajstić information content (AvgIpc) is 2.76. The molecule has 154 valence electrons. The second kappa shape index (κ2) is 10.1. The number of carboxylic acids is 1. The summed E-state index contributed by atoms with van der Waals surface area (Å²) in [4.78, 5) is 26.0. The number of hydrogen-bond acceptors (Lipinski definition) is 4. The van der Waals surface area contributed by atoms with Gasteiger partial charge >= 0.3 is 5.97 Å². The van der Waals surface area contributed by atoms with Crippen LogP contribution in [0.3, 0.4) is 0 Å². The lowest BCUT2D eigenvalue weighted by Crippen LogP contribution is -2.54. The molecule has 3 rings (SSSR count). The Kier molecular flexibility index (Phi) is 7.25. The maximum atomic E-state index is 12.8. The average molecular weight is 396 g/mol. The van der Waals surface area contributed by atoms with Crippen molar-refractivity contribution >= 4 is 11.9 Å². The van der Waals surface area contributed by atoms with E-state index < -0.39 is 5.97 Å². The highest BCUT2D eigenvalue weighted by Crippen LogP contribution is 2.21. The number of likely N-dealkylation sites (tertiary alicyclic amines) is 1. The van der Waals surface area contributed by atoms with Crippen LogP contribution in [-0.2, 0) is 11.3 Å². The maximum absolute atomic E-state index is 12.8. The molecular formula is C23H28N2O4. The van der Waals surface area contributed by atoms with Crippen molar-refractivity contribution in [1.82, 2.24) is 10.2 Å². The van der Waals surface area contributed by atoms with Crippen LogP contribution in [0.15, 0.2) is 54.6 Å². The van der Waals surface area contributed by atoms with E-state index in [2.05, 4.69) is 17.1 Å². The number of aromatic carboxylic acids is 1. The number of carbonyl (C=O) groups is 2. The molecule has 6 heteroatoms. The monoisotopic (exact) mass is 396 g/mol. The number of nitrogens with one attached hydrogen (secondary N) is 1. The summed E-state index contributed by atoms with van der Waals surface area (Å²) < 4.78 is 5.89. The molecule has 0 aromatic heterocycles. The third-order valence-electron chi connectivity index (χ3n) is 5.32. The summed E-state index contributed by atoms with van der Waals surface area (Å²) in [6.45, 7) is 3.90. The number of hydrogen-bond donors (Lipinski definition) is 2. The van der Waals surface area contributed by atoms with E-state index in [4.69, 9.17) is 9.84 Å². The number of amides is 1. The Bertz CT molecular complexity index is 807. The van der Waals surface area contributed by atoms with Gasteiger partial charge in [-0.2, -0.15) is 0 Å². The molecule has 1 amide bonds. The number of carboxylic acid groups (broad SMARTS) is 1. The highest BCUT2D eigenvalue weighted by molar-refractivity contribution is 5.87. The molecule has 29 heavy (non-hydrogen) atoms. The van der Waals surface area contributed by atoms with Gasteiger partial charge in [-0.1, -0.05) is 36.8 Å². The predicted molar refractivity (Wildman–Crippen MR) is 111 cm³/mol. The van der Waals surface area contributed by atoms with E-state index in [9.17, 15) is 9.59 Å². The summed E-state index contributed by atoms with van der Waals surface area (Å²) in [6, 6.07) is 16.2. The number of ether oxygens (including phenoxy) is 1. The van der Waals surface area contributed by atoms with Crippen LogP contribution in [0.2, 0.25) is 0 Å². The molecule has 0 radical (unpaired) electrons. The minimum absolute atomic E-state index is 0.0126. The lowest BCUT2D eigenvalue weighted by atomic mass is 9.99. The second-order valence-electron chi connectivity index (χ2n) is 7.44. The molecule has 2 atom stereocenters. The third kappa shape index (κ3) is 5.81. The first kappa shape index (κ1) is 20.9. The van der Waals surface area contributed by atoms with Crippen molar-refractivity contribution in [2.75, 3.05) is 13.2 Å². The first-order chi connectivity index (χ1) is 14.0. The highest BCUT2D eigenvalue weighted by Gasteiger charge is 2.31. The predicted octanol–water partition coefficient (Wildman–Crippen LogP) is 3.32. The number of para-hydroxylation sites is 1. The van der Waals surface area contributed by atoms with Crippen molar-refractivity contribution in [1.29, 1.82) is 0 Å². The third-order valence-corrected chi connectivity index (χ3v) is 5.32. The maximum Gasteiger partial charge on any atom is 0.335 e. The van der Waals surface area contributed by atoms with Crippen LogP contribution in [0.1, 0.15) is 42.1 Å². The van der Waals surface area contributed by atoms with Crippen LogP contribution in [0, 0.1) is 0 Å². The van der Waals surface area contributed by atoms with Crippen LogP contribution in [0.5, 0.6) is 5.75 Å². The summed E-state index contributed by atoms with van der Waals surface area (Å²) >= 11 is 0. The van der Waals surface area contributed by atoms with E-state index in [0.29, 0.717) is 13.2 Å². The zero-order valence-corrected chi connectivity index (χ0v) is 16.7. The lowest BCUT2D eigenvalue weighted by Gasteiger charge is -2.38. The SMILES string of the molecule is CC(COc1ccccc1)N1CCCC[C@@H]1C(=O)NCc1ccc(C(=O)O)cc1. The van der Waals surface area contributed by atoms with Gasteiger partial charge in [-0.3, -0.25) is 9.69 Å². The summed E-state index contributed by atoms with van der Waals surface area (Å²) in [6.07, 6.45) is 2.95. The van der Waals surface area contributed by atoms with E-state index in [1.54, 1.807) is 24.3 Å². The van der Waals surface area contributed by atoms with Crippen molar-refractivity contribution in [2.24, 2.45) is 0 Å². The molecule has 2 aromatic rings. The first-order valence-corrected chi connectivity index (χ1v) is 10.1. The van der Waals surface area contributed by atoms with Gasteiger partial charge in [-0.15, -0.1) is 0 Å². The molecule has 0 aliphatic carbocycles. The van der Waals surface area contributed by atoms with Gasteiger partial charge in [0.1, 0.15) is 12.4 Å². The minimum Gasteiger partial charge on any atom is -0.492 e. The Morgan fingerprint density at radius 3 is 2.55 bits per heavy atom. The van der Waals surface area contributed by atoms with E-state index in [-0.39, 0.29) is 23.6 Å². The topological polar surface area (TPSA) is 78.9 Å². The normalized spacial score (nSPS) is 18.0. The van der Waals surface area contributed by atoms with Crippen LogP contribution in [0.4, 0.5) is 0 Å². The number of benzene rings is 2. The molecule has 1 fully saturated rings. The van der Waals surface area contributed by atoms with E-state index in [1.807, 2.05) is 30.3 Å². The minimum atomic E-state index is -0.954. The Morgan fingerprint density at radius 2 is 1.86 bits per heavy atom. The number of carbonyl (C=O) groups excluding carboxylic acids is 1. The second-order valence-corrected chi connectivity index (χ2v) is 7.44. The molecular weight excluding hydrogens is 368 g/mol. The molecule has 1 saturated heterocycles. The Morgan fingerprint density at radius 1 is 1.14 bits per heavy atom. The molecule has 0 bridgehead atoms. The van der Waals surface area contributed by atoms with Gasteiger partial charge in [-0.05, 0) is 56.1 Å². The summed E-state index contributed by atoms with van der Waals surface area (Å²) in [5.41, 5.74) is 1.12. The molecule has 2 aromatic carbocycles. The summed E-state index contributed by atoms with van der Waals surface area (Å²) in [5.74, 6) is -0.106. The van der Waals surface area contributed by atoms with Gasteiger partial charge in [0.05, 0.1) is 11.6 Å². The number of piperidine rings is 1. The van der Waals surface area contributed by atoms with Crippen molar-refractivity contribution in [3.8, 4) is 5.75 Å². The standard InChI is InChI=1S/C23H28N2O4/c1-17(16-29-20-7-3-2-4-8-20)25-14-6-5-9-21(25)22(26)24-15-18-10-12-19(13-11-18)23(27)28/h2-4,7-8,10-13,17,21H,5-6,9,14-16H2,1H3,(H,24,26)(H,27,28)/t17?,21-/m1/s1. The van der Waals surface area contributed by atoms with Crippen LogP contribution in [-0.4, -0.2) is 47.1 Å². The fourth-order valence-corrected chi connectivity index (χ4v) is 3.66. The highest BCUT2D eigenvalue weighted by atomic mass is 16.5. The van der Waals surface area contributed by atoms with Crippen LogP contribution >= 0.6 is 0 Å². The molecule has 6 nitrogen and oxygen atoms in total. The molecule has 1 heterocycles. The van der Waals surface area contributed by atoms with Crippen LogP contribution < -0.4 is 10.1 Å². The van der Waals surface area contributed by atoms with Gasteiger partial charge in [0, 0.05) is 12.6 Å². The molecule has 1 aliphatic heterocycles. The Balaban J connectivity index is 1.54. The van der Waals surface area contributed by atoms with Crippen molar-refractivity contribution in [3.63, 3.8) is 0 Å². The molecule has 0 spiro atoms. The van der Waals surface area contributed by atoms with Gasteiger partial charge in [0.25, 0.3) is 0 Å². The Labute approximate surface area is 171 Å². The zero-order valence-electron chi connectivity index (χ0n) is 16.7. The summed E-state index contributed by atoms with van der Waals surface area (Å²) in [7, 11) is 0. The largest absolute Gasteiger partial charge is 0.492 e. The zero-order chi connectivity index (χ0) is 20.6. The van der Waals surface area contributed by atoms with Crippen molar-refractivity contribution < 1.29 is 19.4 Å². The molecule has 0 saturated carbocycles. The van der Waals surface area contributed by atoms with E-state index in [1.165, 1.54) is 0 Å². The van der Waals surface area contributed by atoms with E-state index in [0.717, 1.165) is 37.1 Å². The Hall–Kier alpha value is -2.86. The quantitative estimate of drug-likeness (QED) is 0.716. The first-order valence-electron chi connectivity index (χ1n) is 10.1. The van der Waals surface area contributed by atoms with E-state index >= 15 is 0 Å². The van der Waals surface area contributed by atoms with Crippen molar-refractivity contribution in [2.45, 2.75) is 44.8 Å². The molecule has 1 aliphatic rings. The summed E-state index contributed by atoms with van der Waals surface area (Å²) in [5, 5.41) is 12.0. The fraction of sp³-hybridized carbons (Fsp3) is 0.391. The van der Waals surface area contributed by atoms with Gasteiger partial charge in [-0.25, -0.2) is 4.79 Å². The van der Waals surface area contributed by atoms with Crippen molar-refractivity contribution in [3.05, 3.63) is 65.7 Å². The number of rotatable bonds is 8. The molecule has 1 unspecified atom stereocenters. The van der Waals surface area contributed by atoms with Gasteiger partial charge in [0.2, 0.25) is 5.91 Å². The van der Waals surface area contributed by atoms with Crippen LogP contribution in [0.25, 0.3) is 0 Å². The van der Waals surface area contributed by atoms with Gasteiger partial charge in [0.15, 0.2) is 0 Å². The van der Waals surface area contributed by atoms with Gasteiger partial charge < -0.3 is 15.2 Å². The number of nitrogens with zero attached hydrogens (tertiary/aromatic N) is 1. The molecule has 2 N–H and O–H groups in total. The lowest BCUT2D eigenvalue weighted by molar-refractivity contribution is -0.129. The fourth-order valence-electron chi connectivity index (χ4n) is 3.66.